The highest BCUT2D eigenvalue weighted by Crippen LogP contribution is 2.37. The molecule has 28 heavy (non-hydrogen) atoms. The first-order valence-electron chi connectivity index (χ1n) is 11.2. The third kappa shape index (κ3) is 4.28. The Morgan fingerprint density at radius 2 is 1.82 bits per heavy atom. The van der Waals surface area contributed by atoms with Gasteiger partial charge in [-0.3, -0.25) is 0 Å². The summed E-state index contributed by atoms with van der Waals surface area (Å²) in [5.41, 5.74) is 0.417. The van der Waals surface area contributed by atoms with E-state index >= 15 is 0 Å². The Hall–Kier alpha value is -1.78. The van der Waals surface area contributed by atoms with Gasteiger partial charge in [-0.05, 0) is 62.5 Å². The number of guanidine groups is 1. The predicted molar refractivity (Wildman–Crippen MR) is 112 cm³/mol. The Balaban J connectivity index is 1.65. The summed E-state index contributed by atoms with van der Waals surface area (Å²) in [5, 5.41) is 13.6. The van der Waals surface area contributed by atoms with Crippen LogP contribution in [-0.4, -0.2) is 34.6 Å². The number of nitrogens with zero attached hydrogens (tertiary/aromatic N) is 2. The zero-order valence-corrected chi connectivity index (χ0v) is 17.0. The van der Waals surface area contributed by atoms with Crippen LogP contribution in [0.3, 0.4) is 0 Å². The molecule has 0 spiro atoms. The van der Waals surface area contributed by atoms with Crippen LogP contribution in [0.2, 0.25) is 0 Å². The second-order valence-electron chi connectivity index (χ2n) is 9.02. The molecule has 1 saturated heterocycles. The van der Waals surface area contributed by atoms with Gasteiger partial charge in [0.2, 0.25) is 0 Å². The van der Waals surface area contributed by atoms with E-state index < -0.39 is 0 Å². The molecule has 3 fully saturated rings. The molecule has 4 unspecified atom stereocenters. The van der Waals surface area contributed by atoms with Gasteiger partial charge in [-0.1, -0.05) is 32.6 Å². The summed E-state index contributed by atoms with van der Waals surface area (Å²) in [4.78, 5) is 7.64. The van der Waals surface area contributed by atoms with Gasteiger partial charge in [-0.15, -0.1) is 0 Å². The van der Waals surface area contributed by atoms with Crippen molar-refractivity contribution in [3.8, 4) is 5.75 Å². The molecule has 1 aliphatic heterocycles. The first-order valence-corrected chi connectivity index (χ1v) is 11.2. The fourth-order valence-corrected chi connectivity index (χ4v) is 5.44. The molecule has 154 valence electrons. The lowest BCUT2D eigenvalue weighted by Gasteiger charge is -2.46. The molecule has 0 bridgehead atoms. The largest absolute Gasteiger partial charge is 0.506 e. The lowest BCUT2D eigenvalue weighted by molar-refractivity contribution is 0.118. The molecule has 1 heterocycles. The van der Waals surface area contributed by atoms with Crippen LogP contribution in [0, 0.1) is 17.7 Å². The van der Waals surface area contributed by atoms with Crippen molar-refractivity contribution in [1.29, 1.82) is 0 Å². The van der Waals surface area contributed by atoms with E-state index in [1.54, 1.807) is 0 Å². The molecule has 5 heteroatoms. The lowest BCUT2D eigenvalue weighted by Crippen LogP contribution is -2.52. The second-order valence-corrected chi connectivity index (χ2v) is 9.02. The van der Waals surface area contributed by atoms with Crippen molar-refractivity contribution in [2.24, 2.45) is 16.8 Å². The predicted octanol–water partition coefficient (Wildman–Crippen LogP) is 5.53. The standard InChI is InChI=1S/C23H34FN3O/c1-16-7-2-4-10-19(16)25-23(26-20-15-18(24)12-13-22(20)28)27-14-6-9-17-8-3-5-11-21(17)27/h12-13,15-17,19,21,28H,2-11,14H2,1H3,(H,25,26). The smallest absolute Gasteiger partial charge is 0.199 e. The Morgan fingerprint density at radius 3 is 2.68 bits per heavy atom. The van der Waals surface area contributed by atoms with E-state index in [1.165, 1.54) is 76.0 Å². The van der Waals surface area contributed by atoms with Gasteiger partial charge in [-0.25, -0.2) is 9.38 Å². The maximum atomic E-state index is 13.8. The number of aromatic hydroxyl groups is 1. The monoisotopic (exact) mass is 387 g/mol. The topological polar surface area (TPSA) is 47.9 Å². The van der Waals surface area contributed by atoms with E-state index in [0.717, 1.165) is 24.8 Å². The van der Waals surface area contributed by atoms with E-state index in [9.17, 15) is 9.50 Å². The molecular formula is C23H34FN3O. The molecular weight excluding hydrogens is 353 g/mol. The van der Waals surface area contributed by atoms with Gasteiger partial charge < -0.3 is 15.3 Å². The normalized spacial score (nSPS) is 31.4. The van der Waals surface area contributed by atoms with Crippen LogP contribution in [0.15, 0.2) is 23.2 Å². The summed E-state index contributed by atoms with van der Waals surface area (Å²) in [6.07, 6.45) is 12.5. The number of halogens is 1. The third-order valence-corrected chi connectivity index (χ3v) is 7.07. The van der Waals surface area contributed by atoms with Crippen molar-refractivity contribution in [1.82, 2.24) is 4.90 Å². The number of hydrogen-bond donors (Lipinski definition) is 2. The van der Waals surface area contributed by atoms with Crippen molar-refractivity contribution >= 4 is 11.6 Å². The molecule has 0 radical (unpaired) electrons. The van der Waals surface area contributed by atoms with Crippen molar-refractivity contribution in [2.45, 2.75) is 83.2 Å². The fourth-order valence-electron chi connectivity index (χ4n) is 5.44. The quantitative estimate of drug-likeness (QED) is 0.398. The summed E-state index contributed by atoms with van der Waals surface area (Å²) >= 11 is 0. The number of piperidine rings is 1. The van der Waals surface area contributed by atoms with E-state index in [2.05, 4.69) is 17.1 Å². The van der Waals surface area contributed by atoms with Crippen LogP contribution in [0.25, 0.3) is 0 Å². The zero-order chi connectivity index (χ0) is 19.5. The minimum atomic E-state index is -0.347. The number of fused-ring (bicyclic) bond motifs is 1. The Morgan fingerprint density at radius 1 is 1.07 bits per heavy atom. The molecule has 2 N–H and O–H groups in total. The summed E-state index contributed by atoms with van der Waals surface area (Å²) in [5.74, 6) is 1.87. The maximum Gasteiger partial charge on any atom is 0.199 e. The number of anilines is 1. The molecule has 2 aliphatic carbocycles. The lowest BCUT2D eigenvalue weighted by atomic mass is 9.78. The number of likely N-dealkylation sites (tertiary alicyclic amines) is 1. The number of phenols is 1. The highest BCUT2D eigenvalue weighted by Gasteiger charge is 2.35. The Bertz CT molecular complexity index is 705. The summed E-state index contributed by atoms with van der Waals surface area (Å²) in [7, 11) is 0. The van der Waals surface area contributed by atoms with Crippen molar-refractivity contribution < 1.29 is 9.50 Å². The Kier molecular flexibility index (Phi) is 6.07. The van der Waals surface area contributed by atoms with Crippen LogP contribution in [0.4, 0.5) is 10.1 Å². The van der Waals surface area contributed by atoms with Crippen LogP contribution >= 0.6 is 0 Å². The average Bonchev–Trinajstić information content (AvgIpc) is 2.71. The van der Waals surface area contributed by atoms with E-state index in [4.69, 9.17) is 4.99 Å². The molecule has 4 nitrogen and oxygen atoms in total. The number of aliphatic imine (C=N–C) groups is 1. The second kappa shape index (κ2) is 8.71. The number of hydrogen-bond acceptors (Lipinski definition) is 2. The third-order valence-electron chi connectivity index (χ3n) is 7.07. The number of nitrogens with one attached hydrogen (secondary N) is 1. The van der Waals surface area contributed by atoms with Gasteiger partial charge in [0, 0.05) is 18.7 Å². The number of rotatable bonds is 2. The van der Waals surface area contributed by atoms with Crippen molar-refractivity contribution in [2.75, 3.05) is 11.9 Å². The molecule has 1 aromatic rings. The summed E-state index contributed by atoms with van der Waals surface area (Å²) < 4.78 is 13.8. The fraction of sp³-hybridized carbons (Fsp3) is 0.696. The van der Waals surface area contributed by atoms with Crippen LogP contribution < -0.4 is 5.32 Å². The zero-order valence-electron chi connectivity index (χ0n) is 17.0. The minimum absolute atomic E-state index is 0.0722. The van der Waals surface area contributed by atoms with Gasteiger partial charge in [0.05, 0.1) is 11.7 Å². The van der Waals surface area contributed by atoms with E-state index in [-0.39, 0.29) is 11.6 Å². The molecule has 1 aromatic carbocycles. The van der Waals surface area contributed by atoms with Gasteiger partial charge >= 0.3 is 0 Å². The number of benzene rings is 1. The highest BCUT2D eigenvalue weighted by molar-refractivity contribution is 5.95. The minimum Gasteiger partial charge on any atom is -0.506 e. The van der Waals surface area contributed by atoms with Gasteiger partial charge in [-0.2, -0.15) is 0 Å². The molecule has 2 saturated carbocycles. The van der Waals surface area contributed by atoms with Gasteiger partial charge in [0.15, 0.2) is 5.96 Å². The summed E-state index contributed by atoms with van der Waals surface area (Å²) in [6, 6.07) is 4.90. The molecule has 0 aromatic heterocycles. The van der Waals surface area contributed by atoms with Crippen molar-refractivity contribution in [3.63, 3.8) is 0 Å². The van der Waals surface area contributed by atoms with E-state index in [0.29, 0.717) is 23.7 Å². The SMILES string of the molecule is CC1CCCCC1N=C(Nc1cc(F)ccc1O)N1CCCC2CCCCC21. The first-order chi connectivity index (χ1) is 13.6. The van der Waals surface area contributed by atoms with Crippen molar-refractivity contribution in [3.05, 3.63) is 24.0 Å². The molecule has 0 amide bonds. The van der Waals surface area contributed by atoms with Crippen LogP contribution in [0.5, 0.6) is 5.75 Å². The molecule has 4 atom stereocenters. The highest BCUT2D eigenvalue weighted by atomic mass is 19.1. The maximum absolute atomic E-state index is 13.8. The van der Waals surface area contributed by atoms with Crippen LogP contribution in [-0.2, 0) is 0 Å². The molecule has 4 rings (SSSR count). The Labute approximate surface area is 168 Å². The van der Waals surface area contributed by atoms with Crippen LogP contribution in [0.1, 0.15) is 71.1 Å². The molecule has 3 aliphatic rings. The van der Waals surface area contributed by atoms with Gasteiger partial charge in [0.25, 0.3) is 0 Å². The van der Waals surface area contributed by atoms with E-state index in [1.807, 2.05) is 0 Å². The average molecular weight is 388 g/mol. The summed E-state index contributed by atoms with van der Waals surface area (Å²) in [6.45, 7) is 3.29. The number of phenolic OH excluding ortho intramolecular Hbond substituents is 1. The van der Waals surface area contributed by atoms with Gasteiger partial charge in [0.1, 0.15) is 11.6 Å². The first kappa shape index (κ1) is 19.5.